The number of carbonyl (C=O) groups is 1. The third-order valence-corrected chi connectivity index (χ3v) is 4.74. The van der Waals surface area contributed by atoms with E-state index in [1.165, 1.54) is 37.8 Å². The van der Waals surface area contributed by atoms with Crippen LogP contribution in [0.2, 0.25) is 0 Å². The van der Waals surface area contributed by atoms with Crippen LogP contribution < -0.4 is 10.2 Å². The van der Waals surface area contributed by atoms with Gasteiger partial charge in [-0.15, -0.1) is 0 Å². The lowest BCUT2D eigenvalue weighted by molar-refractivity contribution is 0.214. The second-order valence-corrected chi connectivity index (χ2v) is 6.40. The van der Waals surface area contributed by atoms with Crippen LogP contribution in [0.4, 0.5) is 16.2 Å². The summed E-state index contributed by atoms with van der Waals surface area (Å²) in [5.74, 6) is 0. The number of anilines is 2. The summed E-state index contributed by atoms with van der Waals surface area (Å²) in [4.78, 5) is 16.9. The Morgan fingerprint density at radius 1 is 0.818 bits per heavy atom. The van der Waals surface area contributed by atoms with Crippen molar-refractivity contribution in [3.8, 4) is 0 Å². The minimum Gasteiger partial charge on any atom is -0.370 e. The first-order chi connectivity index (χ1) is 10.8. The van der Waals surface area contributed by atoms with Crippen LogP contribution in [0.25, 0.3) is 0 Å². The van der Waals surface area contributed by atoms with E-state index in [0.717, 1.165) is 44.7 Å². The number of carbonyl (C=O) groups excluding carboxylic acids is 1. The first-order valence-electron chi connectivity index (χ1n) is 8.74. The molecular formula is C18H27N3O. The number of amides is 2. The molecule has 0 saturated carbocycles. The van der Waals surface area contributed by atoms with Crippen LogP contribution in [0.1, 0.15) is 44.9 Å². The van der Waals surface area contributed by atoms with Gasteiger partial charge in [-0.1, -0.05) is 25.0 Å². The number of hydrogen-bond donors (Lipinski definition) is 1. The molecule has 0 aliphatic carbocycles. The van der Waals surface area contributed by atoms with Gasteiger partial charge in [0.15, 0.2) is 0 Å². The zero-order valence-corrected chi connectivity index (χ0v) is 13.4. The van der Waals surface area contributed by atoms with Crippen LogP contribution in [0.5, 0.6) is 0 Å². The molecule has 4 heteroatoms. The normalized spacial score (nSPS) is 19.6. The van der Waals surface area contributed by atoms with Crippen molar-refractivity contribution in [1.29, 1.82) is 0 Å². The minimum absolute atomic E-state index is 0.0614. The Labute approximate surface area is 133 Å². The number of piperidine rings is 1. The number of urea groups is 1. The molecule has 1 aromatic rings. The van der Waals surface area contributed by atoms with E-state index in [4.69, 9.17) is 0 Å². The molecule has 0 bridgehead atoms. The van der Waals surface area contributed by atoms with E-state index < -0.39 is 0 Å². The Kier molecular flexibility index (Phi) is 5.20. The van der Waals surface area contributed by atoms with Crippen molar-refractivity contribution in [2.45, 2.75) is 44.9 Å². The maximum Gasteiger partial charge on any atom is 0.321 e. The van der Waals surface area contributed by atoms with E-state index in [2.05, 4.69) is 22.3 Å². The van der Waals surface area contributed by atoms with Crippen molar-refractivity contribution in [3.63, 3.8) is 0 Å². The van der Waals surface area contributed by atoms with E-state index in [9.17, 15) is 4.79 Å². The van der Waals surface area contributed by atoms with E-state index in [-0.39, 0.29) is 6.03 Å². The molecule has 120 valence electrons. The Bertz CT molecular complexity index is 489. The third kappa shape index (κ3) is 3.73. The molecule has 0 unspecified atom stereocenters. The molecule has 2 aliphatic rings. The van der Waals surface area contributed by atoms with Crippen molar-refractivity contribution < 1.29 is 4.79 Å². The van der Waals surface area contributed by atoms with Crippen molar-refractivity contribution >= 4 is 17.4 Å². The molecular weight excluding hydrogens is 274 g/mol. The summed E-state index contributed by atoms with van der Waals surface area (Å²) in [6.07, 6.45) is 8.55. The van der Waals surface area contributed by atoms with E-state index in [1.54, 1.807) is 0 Å². The number of rotatable bonds is 2. The summed E-state index contributed by atoms with van der Waals surface area (Å²) in [6, 6.07) is 8.28. The van der Waals surface area contributed by atoms with Crippen molar-refractivity contribution in [3.05, 3.63) is 24.3 Å². The number of para-hydroxylation sites is 2. The highest BCUT2D eigenvalue weighted by Gasteiger charge is 2.19. The smallest absolute Gasteiger partial charge is 0.321 e. The Morgan fingerprint density at radius 2 is 1.41 bits per heavy atom. The summed E-state index contributed by atoms with van der Waals surface area (Å²) >= 11 is 0. The molecule has 4 nitrogen and oxygen atoms in total. The molecule has 22 heavy (non-hydrogen) atoms. The third-order valence-electron chi connectivity index (χ3n) is 4.74. The molecule has 0 aromatic heterocycles. The number of hydrogen-bond acceptors (Lipinski definition) is 2. The number of benzene rings is 1. The minimum atomic E-state index is 0.0614. The summed E-state index contributed by atoms with van der Waals surface area (Å²) in [6.45, 7) is 3.96. The van der Waals surface area contributed by atoms with Crippen molar-refractivity contribution in [2.75, 3.05) is 36.4 Å². The Hall–Kier alpha value is -1.71. The SMILES string of the molecule is O=C(Nc1ccccc1N1CCCCC1)N1CCCCCC1. The Balaban J connectivity index is 1.69. The maximum absolute atomic E-state index is 12.6. The second kappa shape index (κ2) is 7.52. The topological polar surface area (TPSA) is 35.6 Å². The van der Waals surface area contributed by atoms with E-state index in [1.807, 2.05) is 17.0 Å². The van der Waals surface area contributed by atoms with E-state index in [0.29, 0.717) is 0 Å². The van der Waals surface area contributed by atoms with Gasteiger partial charge in [0.25, 0.3) is 0 Å². The summed E-state index contributed by atoms with van der Waals surface area (Å²) in [7, 11) is 0. The van der Waals surface area contributed by atoms with Crippen LogP contribution in [-0.2, 0) is 0 Å². The van der Waals surface area contributed by atoms with Crippen LogP contribution in [0.15, 0.2) is 24.3 Å². The van der Waals surface area contributed by atoms with Gasteiger partial charge in [0, 0.05) is 26.2 Å². The molecule has 0 radical (unpaired) electrons. The predicted molar refractivity (Wildman–Crippen MR) is 91.6 cm³/mol. The van der Waals surface area contributed by atoms with Gasteiger partial charge in [-0.05, 0) is 44.2 Å². The largest absolute Gasteiger partial charge is 0.370 e. The molecule has 1 N–H and O–H groups in total. The molecule has 2 aliphatic heterocycles. The van der Waals surface area contributed by atoms with Gasteiger partial charge in [0.05, 0.1) is 11.4 Å². The predicted octanol–water partition coefficient (Wildman–Crippen LogP) is 4.08. The summed E-state index contributed by atoms with van der Waals surface area (Å²) in [5, 5.41) is 3.15. The lowest BCUT2D eigenvalue weighted by atomic mass is 10.1. The highest BCUT2D eigenvalue weighted by Crippen LogP contribution is 2.28. The van der Waals surface area contributed by atoms with Gasteiger partial charge >= 0.3 is 6.03 Å². The maximum atomic E-state index is 12.6. The molecule has 2 saturated heterocycles. The molecule has 1 aromatic carbocycles. The van der Waals surface area contributed by atoms with E-state index >= 15 is 0 Å². The van der Waals surface area contributed by atoms with Gasteiger partial charge in [-0.3, -0.25) is 0 Å². The fourth-order valence-corrected chi connectivity index (χ4v) is 3.46. The molecule has 0 atom stereocenters. The van der Waals surface area contributed by atoms with Gasteiger partial charge in [0.1, 0.15) is 0 Å². The zero-order valence-electron chi connectivity index (χ0n) is 13.4. The monoisotopic (exact) mass is 301 g/mol. The molecule has 2 fully saturated rings. The summed E-state index contributed by atoms with van der Waals surface area (Å²) < 4.78 is 0. The number of nitrogens with one attached hydrogen (secondary N) is 1. The number of nitrogens with zero attached hydrogens (tertiary/aromatic N) is 2. The zero-order chi connectivity index (χ0) is 15.2. The van der Waals surface area contributed by atoms with Gasteiger partial charge in [-0.2, -0.15) is 0 Å². The standard InChI is InChI=1S/C18H27N3O/c22-18(21-14-6-1-2-7-15-21)19-16-10-4-5-11-17(16)20-12-8-3-9-13-20/h4-5,10-11H,1-3,6-9,12-15H2,(H,19,22). The van der Waals surface area contributed by atoms with Crippen molar-refractivity contribution in [1.82, 2.24) is 4.90 Å². The highest BCUT2D eigenvalue weighted by atomic mass is 16.2. The first-order valence-corrected chi connectivity index (χ1v) is 8.74. The fraction of sp³-hybridized carbons (Fsp3) is 0.611. The number of likely N-dealkylation sites (tertiary alicyclic amines) is 1. The molecule has 2 amide bonds. The van der Waals surface area contributed by atoms with Gasteiger partial charge in [-0.25, -0.2) is 4.79 Å². The van der Waals surface area contributed by atoms with Crippen LogP contribution >= 0.6 is 0 Å². The molecule has 0 spiro atoms. The average Bonchev–Trinajstić information content (AvgIpc) is 2.85. The van der Waals surface area contributed by atoms with Crippen LogP contribution in [-0.4, -0.2) is 37.1 Å². The highest BCUT2D eigenvalue weighted by molar-refractivity contribution is 5.93. The van der Waals surface area contributed by atoms with Gasteiger partial charge < -0.3 is 15.1 Å². The lowest BCUT2D eigenvalue weighted by Crippen LogP contribution is -2.36. The lowest BCUT2D eigenvalue weighted by Gasteiger charge is -2.31. The first kappa shape index (κ1) is 15.2. The van der Waals surface area contributed by atoms with Crippen LogP contribution in [0, 0.1) is 0 Å². The molecule has 3 rings (SSSR count). The van der Waals surface area contributed by atoms with Crippen molar-refractivity contribution in [2.24, 2.45) is 0 Å². The van der Waals surface area contributed by atoms with Gasteiger partial charge in [0.2, 0.25) is 0 Å². The second-order valence-electron chi connectivity index (χ2n) is 6.40. The molecule has 2 heterocycles. The average molecular weight is 301 g/mol. The summed E-state index contributed by atoms with van der Waals surface area (Å²) in [5.41, 5.74) is 2.13. The quantitative estimate of drug-likeness (QED) is 0.893. The fourth-order valence-electron chi connectivity index (χ4n) is 3.46. The van der Waals surface area contributed by atoms with Crippen LogP contribution in [0.3, 0.4) is 0 Å². The Morgan fingerprint density at radius 3 is 2.14 bits per heavy atom.